The molecule has 0 heterocycles. The number of hydrazone groups is 1. The number of anilines is 1. The van der Waals surface area contributed by atoms with Gasteiger partial charge in [0.2, 0.25) is 5.91 Å². The number of ether oxygens (including phenoxy) is 1. The Hall–Kier alpha value is -2.68. The molecule has 152 valence electrons. The lowest BCUT2D eigenvalue weighted by Crippen LogP contribution is -2.27. The van der Waals surface area contributed by atoms with E-state index >= 15 is 0 Å². The summed E-state index contributed by atoms with van der Waals surface area (Å²) < 4.78 is 5.08. The van der Waals surface area contributed by atoms with Crippen molar-refractivity contribution in [2.75, 3.05) is 12.4 Å². The number of methoxy groups -OCH3 is 1. The lowest BCUT2D eigenvalue weighted by Gasteiger charge is -2.09. The molecule has 2 aromatic rings. The van der Waals surface area contributed by atoms with Crippen LogP contribution in [0.2, 0.25) is 10.0 Å². The van der Waals surface area contributed by atoms with Crippen molar-refractivity contribution in [1.29, 1.82) is 0 Å². The van der Waals surface area contributed by atoms with Gasteiger partial charge in [-0.05, 0) is 54.7 Å². The van der Waals surface area contributed by atoms with Crippen LogP contribution >= 0.6 is 35.4 Å². The third-order valence-corrected chi connectivity index (χ3v) is 4.50. The monoisotopic (exact) mass is 452 g/mol. The Labute approximate surface area is 183 Å². The summed E-state index contributed by atoms with van der Waals surface area (Å²) in [5.74, 6) is 0.0134. The standard InChI is InChI=1S/C19H18Cl2N4O3S/c1-28-14-5-2-11(3-6-14)17(26)9-13(24-25-19(22)29)10-18(27)23-12-4-7-15(20)16(21)8-12/h2-8H,9-10H2,1H3,(H,23,27)(H3,22,25,29)/b24-13+. The van der Waals surface area contributed by atoms with Crippen molar-refractivity contribution >= 4 is 63.6 Å². The molecular formula is C19H18Cl2N4O3S. The normalized spacial score (nSPS) is 10.9. The average Bonchev–Trinajstić information content (AvgIpc) is 2.69. The smallest absolute Gasteiger partial charge is 0.230 e. The minimum atomic E-state index is -0.394. The van der Waals surface area contributed by atoms with Gasteiger partial charge in [-0.25, -0.2) is 0 Å². The highest BCUT2D eigenvalue weighted by atomic mass is 35.5. The van der Waals surface area contributed by atoms with Crippen molar-refractivity contribution in [2.45, 2.75) is 12.8 Å². The summed E-state index contributed by atoms with van der Waals surface area (Å²) in [5.41, 5.74) is 8.98. The van der Waals surface area contributed by atoms with Gasteiger partial charge in [0.1, 0.15) is 5.75 Å². The van der Waals surface area contributed by atoms with Gasteiger partial charge in [-0.2, -0.15) is 5.10 Å². The number of thiocarbonyl (C=S) groups is 1. The van der Waals surface area contributed by atoms with E-state index in [2.05, 4.69) is 15.8 Å². The number of amides is 1. The van der Waals surface area contributed by atoms with Gasteiger partial charge in [0, 0.05) is 11.3 Å². The van der Waals surface area contributed by atoms with E-state index in [4.69, 9.17) is 45.9 Å². The van der Waals surface area contributed by atoms with Gasteiger partial charge in [-0.15, -0.1) is 0 Å². The summed E-state index contributed by atoms with van der Waals surface area (Å²) in [6.45, 7) is 0. The summed E-state index contributed by atoms with van der Waals surface area (Å²) in [7, 11) is 1.54. The summed E-state index contributed by atoms with van der Waals surface area (Å²) in [6, 6.07) is 11.3. The number of hydrogen-bond donors (Lipinski definition) is 3. The number of ketones is 1. The van der Waals surface area contributed by atoms with Crippen molar-refractivity contribution < 1.29 is 14.3 Å². The Morgan fingerprint density at radius 2 is 1.79 bits per heavy atom. The number of carbonyl (C=O) groups is 2. The van der Waals surface area contributed by atoms with Gasteiger partial charge < -0.3 is 15.8 Å². The number of Topliss-reactive ketones (excluding diaryl/α,β-unsaturated/α-hetero) is 1. The van der Waals surface area contributed by atoms with Crippen LogP contribution in [0.5, 0.6) is 5.75 Å². The van der Waals surface area contributed by atoms with Crippen LogP contribution in [0.4, 0.5) is 5.69 Å². The van der Waals surface area contributed by atoms with Crippen molar-refractivity contribution in [3.63, 3.8) is 0 Å². The Balaban J connectivity index is 2.09. The number of halogens is 2. The molecule has 0 aliphatic heterocycles. The first-order valence-electron chi connectivity index (χ1n) is 8.31. The molecule has 29 heavy (non-hydrogen) atoms. The van der Waals surface area contributed by atoms with Crippen LogP contribution < -0.4 is 21.2 Å². The van der Waals surface area contributed by atoms with Crippen LogP contribution in [0.1, 0.15) is 23.2 Å². The third kappa shape index (κ3) is 7.34. The van der Waals surface area contributed by atoms with Crippen LogP contribution in [0.3, 0.4) is 0 Å². The fourth-order valence-corrected chi connectivity index (χ4v) is 2.65. The molecule has 0 aromatic heterocycles. The summed E-state index contributed by atoms with van der Waals surface area (Å²) >= 11 is 16.5. The number of hydrogen-bond acceptors (Lipinski definition) is 5. The van der Waals surface area contributed by atoms with Crippen LogP contribution in [0.15, 0.2) is 47.6 Å². The molecule has 0 radical (unpaired) electrons. The van der Waals surface area contributed by atoms with Crippen molar-refractivity contribution in [1.82, 2.24) is 5.43 Å². The third-order valence-electron chi connectivity index (χ3n) is 3.67. The van der Waals surface area contributed by atoms with Gasteiger partial charge in [0.25, 0.3) is 0 Å². The Kier molecular flexibility index (Phi) is 8.38. The Morgan fingerprint density at radius 3 is 2.38 bits per heavy atom. The summed E-state index contributed by atoms with van der Waals surface area (Å²) in [4.78, 5) is 24.9. The molecule has 0 aliphatic carbocycles. The molecule has 1 amide bonds. The van der Waals surface area contributed by atoms with Crippen molar-refractivity contribution in [2.24, 2.45) is 10.8 Å². The molecule has 0 spiro atoms. The van der Waals surface area contributed by atoms with Gasteiger partial charge in [0.05, 0.1) is 35.7 Å². The number of rotatable bonds is 8. The number of nitrogens with two attached hydrogens (primary N) is 1. The number of nitrogens with one attached hydrogen (secondary N) is 2. The van der Waals surface area contributed by atoms with Gasteiger partial charge in [0.15, 0.2) is 10.9 Å². The first-order valence-corrected chi connectivity index (χ1v) is 9.48. The molecule has 0 aliphatic rings. The minimum absolute atomic E-state index is 0.0794. The zero-order chi connectivity index (χ0) is 21.4. The average molecular weight is 453 g/mol. The molecule has 2 rings (SSSR count). The Morgan fingerprint density at radius 1 is 1.10 bits per heavy atom. The van der Waals surface area contributed by atoms with Crippen LogP contribution in [0.25, 0.3) is 0 Å². The van der Waals surface area contributed by atoms with E-state index in [-0.39, 0.29) is 29.4 Å². The molecule has 0 saturated carbocycles. The Bertz CT molecular complexity index is 949. The van der Waals surface area contributed by atoms with Crippen LogP contribution in [-0.4, -0.2) is 29.6 Å². The van der Waals surface area contributed by atoms with E-state index in [1.165, 1.54) is 13.2 Å². The molecule has 0 fully saturated rings. The molecule has 0 bridgehead atoms. The highest BCUT2D eigenvalue weighted by Crippen LogP contribution is 2.25. The highest BCUT2D eigenvalue weighted by molar-refractivity contribution is 7.80. The second kappa shape index (κ2) is 10.8. The number of benzene rings is 2. The molecule has 0 saturated heterocycles. The van der Waals surface area contributed by atoms with E-state index in [9.17, 15) is 9.59 Å². The zero-order valence-electron chi connectivity index (χ0n) is 15.4. The number of nitrogens with zero attached hydrogens (tertiary/aromatic N) is 1. The maximum absolute atomic E-state index is 12.5. The second-order valence-electron chi connectivity index (χ2n) is 5.84. The second-order valence-corrected chi connectivity index (χ2v) is 7.09. The predicted octanol–water partition coefficient (Wildman–Crippen LogP) is 3.79. The SMILES string of the molecule is COc1ccc(C(=O)C/C(CC(=O)Nc2ccc(Cl)c(Cl)c2)=N\NC(N)=S)cc1. The summed E-state index contributed by atoms with van der Waals surface area (Å²) in [5, 5.41) is 7.26. The molecule has 0 atom stereocenters. The molecule has 0 unspecified atom stereocenters. The summed E-state index contributed by atoms with van der Waals surface area (Å²) in [6.07, 6.45) is -0.255. The maximum atomic E-state index is 12.5. The van der Waals surface area contributed by atoms with E-state index in [1.54, 1.807) is 36.4 Å². The quantitative estimate of drug-likeness (QED) is 0.243. The lowest BCUT2D eigenvalue weighted by molar-refractivity contribution is -0.115. The fourth-order valence-electron chi connectivity index (χ4n) is 2.30. The van der Waals surface area contributed by atoms with Crippen molar-refractivity contribution in [3.05, 3.63) is 58.1 Å². The lowest BCUT2D eigenvalue weighted by atomic mass is 10.0. The molecule has 2 aromatic carbocycles. The van der Waals surface area contributed by atoms with Crippen LogP contribution in [-0.2, 0) is 4.79 Å². The highest BCUT2D eigenvalue weighted by Gasteiger charge is 2.15. The van der Waals surface area contributed by atoms with Gasteiger partial charge in [-0.1, -0.05) is 23.2 Å². The largest absolute Gasteiger partial charge is 0.497 e. The van der Waals surface area contributed by atoms with E-state index in [1.807, 2.05) is 0 Å². The maximum Gasteiger partial charge on any atom is 0.230 e. The number of carbonyl (C=O) groups excluding carboxylic acids is 2. The molecule has 10 heteroatoms. The first kappa shape index (κ1) is 22.6. The molecule has 7 nitrogen and oxygen atoms in total. The van der Waals surface area contributed by atoms with Gasteiger partial charge >= 0.3 is 0 Å². The molecule has 4 N–H and O–H groups in total. The van der Waals surface area contributed by atoms with E-state index < -0.39 is 5.91 Å². The van der Waals surface area contributed by atoms with Crippen LogP contribution in [0, 0.1) is 0 Å². The van der Waals surface area contributed by atoms with E-state index in [0.29, 0.717) is 27.0 Å². The zero-order valence-corrected chi connectivity index (χ0v) is 17.7. The topological polar surface area (TPSA) is 106 Å². The van der Waals surface area contributed by atoms with Crippen molar-refractivity contribution in [3.8, 4) is 5.75 Å². The van der Waals surface area contributed by atoms with E-state index in [0.717, 1.165) is 0 Å². The van der Waals surface area contributed by atoms with Gasteiger partial charge in [-0.3, -0.25) is 15.0 Å². The fraction of sp³-hybridized carbons (Fsp3) is 0.158. The first-order chi connectivity index (χ1) is 13.8. The predicted molar refractivity (Wildman–Crippen MR) is 119 cm³/mol. The molecular weight excluding hydrogens is 435 g/mol. The minimum Gasteiger partial charge on any atom is -0.497 e.